The second-order valence-corrected chi connectivity index (χ2v) is 3.28. The maximum absolute atomic E-state index is 10.3. The molecule has 0 heterocycles. The molecular weight excluding hydrogens is 198 g/mol. The highest BCUT2D eigenvalue weighted by atomic mass is 16.4. The van der Waals surface area contributed by atoms with Crippen LogP contribution in [0.2, 0.25) is 0 Å². The van der Waals surface area contributed by atoms with Gasteiger partial charge < -0.3 is 21.1 Å². The molecule has 0 aromatic heterocycles. The van der Waals surface area contributed by atoms with Gasteiger partial charge in [0.1, 0.15) is 6.10 Å². The Balaban J connectivity index is 2.71. The third kappa shape index (κ3) is 3.23. The maximum Gasteiger partial charge on any atom is 0.306 e. The van der Waals surface area contributed by atoms with Crippen molar-refractivity contribution in [3.8, 4) is 0 Å². The van der Waals surface area contributed by atoms with Crippen molar-refractivity contribution in [3.63, 3.8) is 0 Å². The molecule has 5 N–H and O–H groups in total. The molecule has 1 rings (SSSR count). The number of hydrogen-bond acceptors (Lipinski definition) is 4. The Bertz CT molecular complexity index is 336. The summed E-state index contributed by atoms with van der Waals surface area (Å²) in [5, 5.41) is 27.4. The zero-order valence-electron chi connectivity index (χ0n) is 8.00. The number of nitrogens with two attached hydrogens (primary N) is 1. The van der Waals surface area contributed by atoms with E-state index in [1.54, 1.807) is 24.3 Å². The van der Waals surface area contributed by atoms with Crippen molar-refractivity contribution in [1.29, 1.82) is 0 Å². The molecule has 5 nitrogen and oxygen atoms in total. The van der Waals surface area contributed by atoms with E-state index in [9.17, 15) is 15.0 Å². The van der Waals surface area contributed by atoms with Gasteiger partial charge in [0.2, 0.25) is 0 Å². The first-order valence-electron chi connectivity index (χ1n) is 4.44. The number of hydrogen-bond donors (Lipinski definition) is 4. The Hall–Kier alpha value is -1.59. The highest BCUT2D eigenvalue weighted by Crippen LogP contribution is 2.19. The first-order chi connectivity index (χ1) is 7.00. The number of aliphatic hydroxyl groups excluding tert-OH is 2. The van der Waals surface area contributed by atoms with Crippen LogP contribution in [0.15, 0.2) is 24.3 Å². The third-order valence-electron chi connectivity index (χ3n) is 2.03. The second-order valence-electron chi connectivity index (χ2n) is 3.28. The van der Waals surface area contributed by atoms with E-state index in [1.165, 1.54) is 0 Å². The molecule has 0 spiro atoms. The van der Waals surface area contributed by atoms with Gasteiger partial charge in [-0.2, -0.15) is 0 Å². The van der Waals surface area contributed by atoms with Crippen LogP contribution in [0.5, 0.6) is 0 Å². The molecular formula is C10H13NO4. The third-order valence-corrected chi connectivity index (χ3v) is 2.03. The van der Waals surface area contributed by atoms with Crippen LogP contribution in [0.1, 0.15) is 18.1 Å². The molecule has 2 unspecified atom stereocenters. The number of benzene rings is 1. The van der Waals surface area contributed by atoms with Gasteiger partial charge in [-0.15, -0.1) is 0 Å². The summed E-state index contributed by atoms with van der Waals surface area (Å²) in [4.78, 5) is 10.3. The lowest BCUT2D eigenvalue weighted by Crippen LogP contribution is -2.21. The summed E-state index contributed by atoms with van der Waals surface area (Å²) in [6.45, 7) is 0. The summed E-state index contributed by atoms with van der Waals surface area (Å²) in [7, 11) is 0. The molecule has 1 aromatic carbocycles. The van der Waals surface area contributed by atoms with E-state index in [-0.39, 0.29) is 0 Å². The van der Waals surface area contributed by atoms with Crippen molar-refractivity contribution in [3.05, 3.63) is 29.8 Å². The smallest absolute Gasteiger partial charge is 0.306 e. The van der Waals surface area contributed by atoms with Gasteiger partial charge in [0.05, 0.1) is 12.5 Å². The molecule has 0 aliphatic rings. The molecule has 0 fully saturated rings. The van der Waals surface area contributed by atoms with Crippen molar-refractivity contribution >= 4 is 11.7 Å². The van der Waals surface area contributed by atoms with Gasteiger partial charge in [0.15, 0.2) is 0 Å². The largest absolute Gasteiger partial charge is 0.481 e. The van der Waals surface area contributed by atoms with Crippen LogP contribution in [0.4, 0.5) is 5.69 Å². The van der Waals surface area contributed by atoms with E-state index in [0.717, 1.165) is 0 Å². The zero-order valence-corrected chi connectivity index (χ0v) is 8.00. The lowest BCUT2D eigenvalue weighted by molar-refractivity contribution is -0.141. The fraction of sp³-hybridized carbons (Fsp3) is 0.300. The van der Waals surface area contributed by atoms with Gasteiger partial charge in [-0.1, -0.05) is 12.1 Å². The van der Waals surface area contributed by atoms with E-state index < -0.39 is 24.6 Å². The summed E-state index contributed by atoms with van der Waals surface area (Å²) in [5.41, 5.74) is 6.43. The van der Waals surface area contributed by atoms with Gasteiger partial charge in [-0.25, -0.2) is 0 Å². The van der Waals surface area contributed by atoms with Crippen LogP contribution in [-0.4, -0.2) is 27.4 Å². The van der Waals surface area contributed by atoms with Crippen LogP contribution in [0, 0.1) is 0 Å². The van der Waals surface area contributed by atoms with Crippen LogP contribution in [0.3, 0.4) is 0 Å². The maximum atomic E-state index is 10.3. The number of anilines is 1. The van der Waals surface area contributed by atoms with Crippen LogP contribution < -0.4 is 5.73 Å². The predicted molar refractivity (Wildman–Crippen MR) is 54.1 cm³/mol. The molecule has 0 bridgehead atoms. The van der Waals surface area contributed by atoms with E-state index in [2.05, 4.69) is 0 Å². The standard InChI is InChI=1S/C10H13NO4/c11-7-3-1-6(2-4-7)10(15)8(12)5-9(13)14/h1-4,8,10,12,15H,5,11H2,(H,13,14). The van der Waals surface area contributed by atoms with Gasteiger partial charge in [0, 0.05) is 5.69 Å². The molecule has 0 amide bonds. The summed E-state index contributed by atoms with van der Waals surface area (Å²) in [6, 6.07) is 6.24. The zero-order chi connectivity index (χ0) is 11.4. The van der Waals surface area contributed by atoms with E-state index in [0.29, 0.717) is 11.3 Å². The van der Waals surface area contributed by atoms with E-state index >= 15 is 0 Å². The van der Waals surface area contributed by atoms with Gasteiger partial charge >= 0.3 is 5.97 Å². The first-order valence-corrected chi connectivity index (χ1v) is 4.44. The summed E-state index contributed by atoms with van der Waals surface area (Å²) in [5.74, 6) is -1.16. The van der Waals surface area contributed by atoms with Gasteiger partial charge in [-0.05, 0) is 17.7 Å². The highest BCUT2D eigenvalue weighted by Gasteiger charge is 2.20. The number of carbonyl (C=O) groups is 1. The van der Waals surface area contributed by atoms with E-state index in [4.69, 9.17) is 10.8 Å². The lowest BCUT2D eigenvalue weighted by atomic mass is 10.0. The molecule has 1 aromatic rings. The second kappa shape index (κ2) is 4.77. The lowest BCUT2D eigenvalue weighted by Gasteiger charge is -2.16. The molecule has 82 valence electrons. The fourth-order valence-electron chi connectivity index (χ4n) is 1.21. The Morgan fingerprint density at radius 3 is 2.27 bits per heavy atom. The number of aliphatic carboxylic acids is 1. The monoisotopic (exact) mass is 211 g/mol. The highest BCUT2D eigenvalue weighted by molar-refractivity contribution is 5.67. The Labute approximate surface area is 86.8 Å². The summed E-state index contributed by atoms with van der Waals surface area (Å²) in [6.07, 6.45) is -3.02. The van der Waals surface area contributed by atoms with Crippen LogP contribution in [0.25, 0.3) is 0 Å². The van der Waals surface area contributed by atoms with Crippen LogP contribution >= 0.6 is 0 Å². The minimum atomic E-state index is -1.31. The minimum Gasteiger partial charge on any atom is -0.481 e. The average Bonchev–Trinajstić information content (AvgIpc) is 2.17. The van der Waals surface area contributed by atoms with Crippen molar-refractivity contribution in [2.75, 3.05) is 5.73 Å². The van der Waals surface area contributed by atoms with Crippen LogP contribution in [-0.2, 0) is 4.79 Å². The molecule has 0 aliphatic carbocycles. The number of carboxylic acids is 1. The summed E-state index contributed by atoms with van der Waals surface area (Å²) < 4.78 is 0. The Morgan fingerprint density at radius 2 is 1.80 bits per heavy atom. The molecule has 15 heavy (non-hydrogen) atoms. The number of rotatable bonds is 4. The number of nitrogen functional groups attached to an aromatic ring is 1. The molecule has 0 saturated carbocycles. The number of aliphatic hydroxyl groups is 2. The average molecular weight is 211 g/mol. The van der Waals surface area contributed by atoms with Crippen molar-refractivity contribution in [1.82, 2.24) is 0 Å². The fourth-order valence-corrected chi connectivity index (χ4v) is 1.21. The number of carboxylic acid groups (broad SMARTS) is 1. The molecule has 2 atom stereocenters. The normalized spacial score (nSPS) is 14.5. The van der Waals surface area contributed by atoms with Gasteiger partial charge in [0.25, 0.3) is 0 Å². The molecule has 0 radical (unpaired) electrons. The quantitative estimate of drug-likeness (QED) is 0.530. The first kappa shape index (κ1) is 11.5. The molecule has 5 heteroatoms. The predicted octanol–water partition coefficient (Wildman–Crippen LogP) is 0.138. The Morgan fingerprint density at radius 1 is 1.27 bits per heavy atom. The molecule has 0 aliphatic heterocycles. The summed E-state index contributed by atoms with van der Waals surface area (Å²) >= 11 is 0. The van der Waals surface area contributed by atoms with Gasteiger partial charge in [-0.3, -0.25) is 4.79 Å². The van der Waals surface area contributed by atoms with Crippen molar-refractivity contribution in [2.24, 2.45) is 0 Å². The minimum absolute atomic E-state index is 0.443. The molecule has 0 saturated heterocycles. The van der Waals surface area contributed by atoms with Crippen molar-refractivity contribution in [2.45, 2.75) is 18.6 Å². The Kier molecular flexibility index (Phi) is 3.65. The topological polar surface area (TPSA) is 104 Å². The SMILES string of the molecule is Nc1ccc(C(O)C(O)CC(=O)O)cc1. The van der Waals surface area contributed by atoms with Crippen molar-refractivity contribution < 1.29 is 20.1 Å². The van der Waals surface area contributed by atoms with E-state index in [1.807, 2.05) is 0 Å².